The number of carbonyl (C=O) groups is 1. The third-order valence-corrected chi connectivity index (χ3v) is 3.48. The Morgan fingerprint density at radius 2 is 2.14 bits per heavy atom. The highest BCUT2D eigenvalue weighted by atomic mass is 16.5. The molecule has 0 amide bonds. The van der Waals surface area contributed by atoms with E-state index in [9.17, 15) is 4.79 Å². The Hall–Kier alpha value is -2.56. The average molecular weight is 298 g/mol. The van der Waals surface area contributed by atoms with Crippen molar-refractivity contribution in [1.82, 2.24) is 4.98 Å². The van der Waals surface area contributed by atoms with Gasteiger partial charge < -0.3 is 14.8 Å². The molecule has 1 aromatic carbocycles. The van der Waals surface area contributed by atoms with Crippen LogP contribution in [-0.2, 0) is 4.74 Å². The Morgan fingerprint density at radius 3 is 2.91 bits per heavy atom. The number of nitrogens with one attached hydrogen (secondary N) is 1. The van der Waals surface area contributed by atoms with Crippen molar-refractivity contribution >= 4 is 11.7 Å². The number of nitrogens with zero attached hydrogens (tertiary/aromatic N) is 1. The van der Waals surface area contributed by atoms with Gasteiger partial charge in [-0.2, -0.15) is 0 Å². The molecule has 22 heavy (non-hydrogen) atoms. The van der Waals surface area contributed by atoms with E-state index >= 15 is 0 Å². The Kier molecular flexibility index (Phi) is 3.48. The predicted octanol–water partition coefficient (Wildman–Crippen LogP) is 3.12. The Labute approximate surface area is 129 Å². The molecule has 1 aliphatic heterocycles. The maximum absolute atomic E-state index is 11.6. The number of carbonyl (C=O) groups excluding carboxylic acids is 1. The van der Waals surface area contributed by atoms with Crippen LogP contribution < -0.4 is 10.1 Å². The quantitative estimate of drug-likeness (QED) is 0.863. The molecule has 2 heterocycles. The fraction of sp³-hybridized carbons (Fsp3) is 0.294. The van der Waals surface area contributed by atoms with Crippen molar-refractivity contribution in [2.45, 2.75) is 19.4 Å². The number of fused-ring (bicyclic) bond motifs is 1. The SMILES string of the molecule is COC(=O)c1cccc(-c2ccc3c(n2)OCC(C)(C)N3)c1. The highest BCUT2D eigenvalue weighted by Gasteiger charge is 2.26. The first kappa shape index (κ1) is 14.4. The van der Waals surface area contributed by atoms with Gasteiger partial charge in [0.05, 0.1) is 29.6 Å². The lowest BCUT2D eigenvalue weighted by molar-refractivity contribution is 0.0601. The molecule has 2 aromatic rings. The van der Waals surface area contributed by atoms with E-state index in [1.54, 1.807) is 12.1 Å². The summed E-state index contributed by atoms with van der Waals surface area (Å²) < 4.78 is 10.5. The minimum absolute atomic E-state index is 0.110. The maximum atomic E-state index is 11.6. The number of pyridine rings is 1. The van der Waals surface area contributed by atoms with Crippen LogP contribution in [0.5, 0.6) is 5.88 Å². The number of benzene rings is 1. The molecule has 1 N–H and O–H groups in total. The summed E-state index contributed by atoms with van der Waals surface area (Å²) in [5.74, 6) is 0.222. The lowest BCUT2D eigenvalue weighted by Crippen LogP contribution is -2.41. The zero-order valence-corrected chi connectivity index (χ0v) is 12.8. The zero-order chi connectivity index (χ0) is 15.7. The first-order valence-electron chi connectivity index (χ1n) is 7.09. The van der Waals surface area contributed by atoms with Crippen LogP contribution >= 0.6 is 0 Å². The maximum Gasteiger partial charge on any atom is 0.337 e. The first-order valence-corrected chi connectivity index (χ1v) is 7.09. The van der Waals surface area contributed by atoms with Gasteiger partial charge in [0.2, 0.25) is 5.88 Å². The number of rotatable bonds is 2. The van der Waals surface area contributed by atoms with Crippen LogP contribution in [0.15, 0.2) is 36.4 Å². The third kappa shape index (κ3) is 2.74. The Balaban J connectivity index is 1.95. The molecule has 5 heteroatoms. The van der Waals surface area contributed by atoms with E-state index in [1.807, 2.05) is 24.3 Å². The summed E-state index contributed by atoms with van der Waals surface area (Å²) in [5, 5.41) is 3.39. The second kappa shape index (κ2) is 5.33. The summed E-state index contributed by atoms with van der Waals surface area (Å²) in [7, 11) is 1.37. The third-order valence-electron chi connectivity index (χ3n) is 3.48. The van der Waals surface area contributed by atoms with E-state index in [1.165, 1.54) is 7.11 Å². The molecule has 0 fully saturated rings. The zero-order valence-electron chi connectivity index (χ0n) is 12.8. The van der Waals surface area contributed by atoms with Crippen molar-refractivity contribution in [3.63, 3.8) is 0 Å². The molecule has 1 aromatic heterocycles. The molecule has 0 bridgehead atoms. The molecule has 0 spiro atoms. The molecule has 1 aliphatic rings. The fourth-order valence-electron chi connectivity index (χ4n) is 2.38. The summed E-state index contributed by atoms with van der Waals surface area (Å²) in [5.41, 5.74) is 2.87. The van der Waals surface area contributed by atoms with Crippen molar-refractivity contribution < 1.29 is 14.3 Å². The van der Waals surface area contributed by atoms with Gasteiger partial charge in [0, 0.05) is 5.56 Å². The molecular weight excluding hydrogens is 280 g/mol. The minimum Gasteiger partial charge on any atom is -0.474 e. The predicted molar refractivity (Wildman–Crippen MR) is 84.2 cm³/mol. The van der Waals surface area contributed by atoms with Crippen molar-refractivity contribution in [3.8, 4) is 17.1 Å². The summed E-state index contributed by atoms with van der Waals surface area (Å²) in [4.78, 5) is 16.2. The normalized spacial score (nSPS) is 15.2. The monoisotopic (exact) mass is 298 g/mol. The fourth-order valence-corrected chi connectivity index (χ4v) is 2.38. The number of esters is 1. The highest BCUT2D eigenvalue weighted by Crippen LogP contribution is 2.33. The van der Waals surface area contributed by atoms with E-state index in [0.29, 0.717) is 18.1 Å². The van der Waals surface area contributed by atoms with Gasteiger partial charge in [-0.25, -0.2) is 9.78 Å². The van der Waals surface area contributed by atoms with E-state index in [-0.39, 0.29) is 11.5 Å². The molecule has 0 aliphatic carbocycles. The number of hydrogen-bond acceptors (Lipinski definition) is 5. The van der Waals surface area contributed by atoms with Crippen LogP contribution in [-0.4, -0.2) is 30.2 Å². The van der Waals surface area contributed by atoms with Crippen LogP contribution in [0.2, 0.25) is 0 Å². The van der Waals surface area contributed by atoms with Gasteiger partial charge in [-0.05, 0) is 38.1 Å². The molecular formula is C17H18N2O3. The van der Waals surface area contributed by atoms with Crippen LogP contribution in [0, 0.1) is 0 Å². The summed E-state index contributed by atoms with van der Waals surface area (Å²) in [6, 6.07) is 11.1. The van der Waals surface area contributed by atoms with Gasteiger partial charge in [0.15, 0.2) is 0 Å². The number of ether oxygens (including phenoxy) is 2. The van der Waals surface area contributed by atoms with E-state index < -0.39 is 0 Å². The number of hydrogen-bond donors (Lipinski definition) is 1. The summed E-state index contributed by atoms with van der Waals surface area (Å²) >= 11 is 0. The Bertz CT molecular complexity index is 726. The van der Waals surface area contributed by atoms with Crippen LogP contribution in [0.25, 0.3) is 11.3 Å². The number of methoxy groups -OCH3 is 1. The van der Waals surface area contributed by atoms with Crippen molar-refractivity contribution in [1.29, 1.82) is 0 Å². The smallest absolute Gasteiger partial charge is 0.337 e. The van der Waals surface area contributed by atoms with E-state index in [2.05, 4.69) is 24.1 Å². The van der Waals surface area contributed by atoms with Crippen molar-refractivity contribution in [2.75, 3.05) is 19.0 Å². The second-order valence-corrected chi connectivity index (χ2v) is 5.92. The van der Waals surface area contributed by atoms with E-state index in [4.69, 9.17) is 9.47 Å². The van der Waals surface area contributed by atoms with Crippen LogP contribution in [0.1, 0.15) is 24.2 Å². The number of aromatic nitrogens is 1. The molecule has 3 rings (SSSR count). The lowest BCUT2D eigenvalue weighted by Gasteiger charge is -2.33. The van der Waals surface area contributed by atoms with Crippen LogP contribution in [0.3, 0.4) is 0 Å². The summed E-state index contributed by atoms with van der Waals surface area (Å²) in [6.45, 7) is 4.70. The topological polar surface area (TPSA) is 60.5 Å². The van der Waals surface area contributed by atoms with Gasteiger partial charge in [0.25, 0.3) is 0 Å². The first-order chi connectivity index (χ1) is 10.5. The number of anilines is 1. The van der Waals surface area contributed by atoms with E-state index in [0.717, 1.165) is 16.9 Å². The second-order valence-electron chi connectivity index (χ2n) is 5.92. The van der Waals surface area contributed by atoms with Gasteiger partial charge >= 0.3 is 5.97 Å². The molecule has 5 nitrogen and oxygen atoms in total. The van der Waals surface area contributed by atoms with Gasteiger partial charge in [0.1, 0.15) is 6.61 Å². The molecule has 0 atom stereocenters. The van der Waals surface area contributed by atoms with Crippen molar-refractivity contribution in [3.05, 3.63) is 42.0 Å². The average Bonchev–Trinajstić information content (AvgIpc) is 2.53. The lowest BCUT2D eigenvalue weighted by atomic mass is 10.0. The minimum atomic E-state index is -0.362. The molecule has 0 saturated heterocycles. The van der Waals surface area contributed by atoms with Gasteiger partial charge in [-0.3, -0.25) is 0 Å². The summed E-state index contributed by atoms with van der Waals surface area (Å²) in [6.07, 6.45) is 0. The standard InChI is InChI=1S/C17H18N2O3/c1-17(2)10-22-15-14(19-17)8-7-13(18-15)11-5-4-6-12(9-11)16(20)21-3/h4-9,19H,10H2,1-3H3. The van der Waals surface area contributed by atoms with Gasteiger partial charge in [-0.15, -0.1) is 0 Å². The largest absolute Gasteiger partial charge is 0.474 e. The molecule has 0 radical (unpaired) electrons. The molecule has 0 unspecified atom stereocenters. The molecule has 0 saturated carbocycles. The highest BCUT2D eigenvalue weighted by molar-refractivity contribution is 5.90. The van der Waals surface area contributed by atoms with Crippen molar-refractivity contribution in [2.24, 2.45) is 0 Å². The Morgan fingerprint density at radius 1 is 1.32 bits per heavy atom. The molecule has 114 valence electrons. The van der Waals surface area contributed by atoms with Crippen LogP contribution in [0.4, 0.5) is 5.69 Å². The van der Waals surface area contributed by atoms with Gasteiger partial charge in [-0.1, -0.05) is 12.1 Å².